The minimum atomic E-state index is -1.22. The van der Waals surface area contributed by atoms with E-state index in [4.69, 9.17) is 18.9 Å². The van der Waals surface area contributed by atoms with E-state index in [0.29, 0.717) is 0 Å². The van der Waals surface area contributed by atoms with Gasteiger partial charge in [-0.05, 0) is 6.92 Å². The van der Waals surface area contributed by atoms with E-state index in [2.05, 4.69) is 0 Å². The van der Waals surface area contributed by atoms with Crippen molar-refractivity contribution in [3.8, 4) is 0 Å². The van der Waals surface area contributed by atoms with Crippen LogP contribution in [0, 0.1) is 0 Å². The molecule has 6 heteroatoms. The number of fused-ring (bicyclic) bond motifs is 1. The molecule has 0 radical (unpaired) electrons. The van der Waals surface area contributed by atoms with Crippen molar-refractivity contribution >= 4 is 0 Å². The van der Waals surface area contributed by atoms with E-state index in [9.17, 15) is 10.2 Å². The van der Waals surface area contributed by atoms with Gasteiger partial charge in [-0.25, -0.2) is 0 Å². The Morgan fingerprint density at radius 1 is 1.20 bits per heavy atom. The Kier molecular flexibility index (Phi) is 2.74. The van der Waals surface area contributed by atoms with Gasteiger partial charge in [0.2, 0.25) is 0 Å². The molecule has 0 aromatic rings. The smallest absolute Gasteiger partial charge is 0.282 e. The number of hydrogen-bond donors (Lipinski definition) is 2. The van der Waals surface area contributed by atoms with E-state index in [-0.39, 0.29) is 0 Å². The van der Waals surface area contributed by atoms with Crippen LogP contribution in [0.2, 0.25) is 0 Å². The van der Waals surface area contributed by atoms with Crippen molar-refractivity contribution in [2.75, 3.05) is 7.11 Å². The average Bonchev–Trinajstić information content (AvgIpc) is 2.53. The van der Waals surface area contributed by atoms with E-state index in [0.717, 1.165) is 0 Å². The van der Waals surface area contributed by atoms with Crippen LogP contribution in [0.5, 0.6) is 0 Å². The maximum Gasteiger partial charge on any atom is 0.282 e. The van der Waals surface area contributed by atoms with E-state index in [1.54, 1.807) is 13.8 Å². The molecule has 2 aliphatic rings. The Morgan fingerprint density at radius 3 is 2.47 bits per heavy atom. The van der Waals surface area contributed by atoms with Crippen molar-refractivity contribution in [3.63, 3.8) is 0 Å². The molecule has 2 heterocycles. The molecule has 2 N–H and O–H groups in total. The van der Waals surface area contributed by atoms with Crippen molar-refractivity contribution in [2.24, 2.45) is 0 Å². The van der Waals surface area contributed by atoms with Crippen molar-refractivity contribution in [1.29, 1.82) is 0 Å². The number of aliphatic hydroxyl groups is 2. The Bertz CT molecular complexity index is 247. The number of methoxy groups -OCH3 is 1. The van der Waals surface area contributed by atoms with Gasteiger partial charge in [-0.15, -0.1) is 0 Å². The minimum absolute atomic E-state index is 0.496. The van der Waals surface area contributed by atoms with Crippen molar-refractivity contribution in [2.45, 2.75) is 50.5 Å². The standard InChI is InChI=1S/C9H16O6/c1-4-5(10)6(11)7-8(13-4)15-9(2,12-3)14-7/h4-8,10-11H,1-3H3/t4-,5-,6+,7+,8+,9?/m0/s1. The summed E-state index contributed by atoms with van der Waals surface area (Å²) >= 11 is 0. The zero-order valence-electron chi connectivity index (χ0n) is 8.91. The zero-order valence-corrected chi connectivity index (χ0v) is 8.91. The largest absolute Gasteiger partial charge is 0.388 e. The van der Waals surface area contributed by atoms with E-state index in [1.165, 1.54) is 7.11 Å². The molecule has 15 heavy (non-hydrogen) atoms. The molecule has 0 aliphatic carbocycles. The van der Waals surface area contributed by atoms with Gasteiger partial charge in [-0.1, -0.05) is 0 Å². The van der Waals surface area contributed by atoms with Gasteiger partial charge in [0.15, 0.2) is 6.29 Å². The second kappa shape index (κ2) is 3.65. The summed E-state index contributed by atoms with van der Waals surface area (Å²) in [5, 5.41) is 19.3. The molecule has 1 unspecified atom stereocenters. The van der Waals surface area contributed by atoms with Gasteiger partial charge >= 0.3 is 0 Å². The van der Waals surface area contributed by atoms with Crippen LogP contribution in [0.3, 0.4) is 0 Å². The third-order valence-corrected chi connectivity index (χ3v) is 2.84. The summed E-state index contributed by atoms with van der Waals surface area (Å²) in [4.78, 5) is 0. The number of ether oxygens (including phenoxy) is 4. The normalized spacial score (nSPS) is 55.4. The molecular weight excluding hydrogens is 204 g/mol. The lowest BCUT2D eigenvalue weighted by atomic mass is 10.0. The molecular formula is C9H16O6. The fourth-order valence-corrected chi connectivity index (χ4v) is 1.80. The highest BCUT2D eigenvalue weighted by molar-refractivity contribution is 4.91. The van der Waals surface area contributed by atoms with Gasteiger partial charge < -0.3 is 24.4 Å². The summed E-state index contributed by atoms with van der Waals surface area (Å²) in [6, 6.07) is 0. The summed E-state index contributed by atoms with van der Waals surface area (Å²) < 4.78 is 21.1. The number of hydrogen-bond acceptors (Lipinski definition) is 6. The first-order valence-electron chi connectivity index (χ1n) is 4.89. The lowest BCUT2D eigenvalue weighted by Gasteiger charge is -2.35. The summed E-state index contributed by atoms with van der Waals surface area (Å²) in [5.41, 5.74) is 0. The lowest BCUT2D eigenvalue weighted by Crippen LogP contribution is -2.55. The van der Waals surface area contributed by atoms with Gasteiger partial charge in [0.25, 0.3) is 5.97 Å². The molecule has 0 aromatic carbocycles. The van der Waals surface area contributed by atoms with Crippen LogP contribution in [0.1, 0.15) is 13.8 Å². The predicted octanol–water partition coefficient (Wildman–Crippen LogP) is -0.812. The van der Waals surface area contributed by atoms with E-state index in [1.807, 2.05) is 0 Å². The van der Waals surface area contributed by atoms with E-state index >= 15 is 0 Å². The second-order valence-corrected chi connectivity index (χ2v) is 3.96. The molecule has 2 rings (SSSR count). The molecule has 0 saturated carbocycles. The highest BCUT2D eigenvalue weighted by Gasteiger charge is 2.54. The van der Waals surface area contributed by atoms with E-state index < -0.39 is 36.7 Å². The fraction of sp³-hybridized carbons (Fsp3) is 1.00. The van der Waals surface area contributed by atoms with Crippen molar-refractivity contribution < 1.29 is 29.2 Å². The Hall–Kier alpha value is -0.240. The first-order valence-corrected chi connectivity index (χ1v) is 4.89. The average molecular weight is 220 g/mol. The predicted molar refractivity (Wildman–Crippen MR) is 47.7 cm³/mol. The molecule has 2 fully saturated rings. The molecule has 2 aliphatic heterocycles. The molecule has 6 nitrogen and oxygen atoms in total. The van der Waals surface area contributed by atoms with Crippen LogP contribution >= 0.6 is 0 Å². The van der Waals surface area contributed by atoms with Crippen LogP contribution in [-0.4, -0.2) is 54.0 Å². The van der Waals surface area contributed by atoms with Crippen LogP contribution in [0.15, 0.2) is 0 Å². The summed E-state index contributed by atoms with van der Waals surface area (Å²) in [5.74, 6) is -1.22. The molecule has 0 spiro atoms. The Labute approximate surface area is 87.7 Å². The summed E-state index contributed by atoms with van der Waals surface area (Å²) in [6.07, 6.45) is -3.93. The first-order chi connectivity index (χ1) is 6.97. The zero-order chi connectivity index (χ0) is 11.2. The van der Waals surface area contributed by atoms with Crippen LogP contribution in [0.25, 0.3) is 0 Å². The van der Waals surface area contributed by atoms with Crippen LogP contribution in [-0.2, 0) is 18.9 Å². The maximum atomic E-state index is 9.76. The number of rotatable bonds is 1. The van der Waals surface area contributed by atoms with Gasteiger partial charge in [-0.3, -0.25) is 4.74 Å². The molecule has 88 valence electrons. The SMILES string of the molecule is COC1(C)O[C@H]2O[C@@H](C)[C@H](O)[C@@H](O)[C@H]2O1. The van der Waals surface area contributed by atoms with Gasteiger partial charge in [-0.2, -0.15) is 0 Å². The highest BCUT2D eigenvalue weighted by Crippen LogP contribution is 2.36. The molecule has 6 atom stereocenters. The second-order valence-electron chi connectivity index (χ2n) is 3.96. The molecule has 2 saturated heterocycles. The van der Waals surface area contributed by atoms with Gasteiger partial charge in [0.05, 0.1) is 6.10 Å². The fourth-order valence-electron chi connectivity index (χ4n) is 1.80. The quantitative estimate of drug-likeness (QED) is 0.601. The van der Waals surface area contributed by atoms with Gasteiger partial charge in [0.1, 0.15) is 18.3 Å². The highest BCUT2D eigenvalue weighted by atomic mass is 16.9. The molecule has 0 aromatic heterocycles. The van der Waals surface area contributed by atoms with Crippen LogP contribution < -0.4 is 0 Å². The summed E-state index contributed by atoms with van der Waals surface area (Å²) in [6.45, 7) is 3.24. The lowest BCUT2D eigenvalue weighted by molar-refractivity contribution is -0.333. The topological polar surface area (TPSA) is 77.4 Å². The monoisotopic (exact) mass is 220 g/mol. The molecule has 0 amide bonds. The third-order valence-electron chi connectivity index (χ3n) is 2.84. The van der Waals surface area contributed by atoms with Crippen molar-refractivity contribution in [3.05, 3.63) is 0 Å². The summed E-state index contributed by atoms with van der Waals surface area (Å²) in [7, 11) is 1.43. The van der Waals surface area contributed by atoms with Gasteiger partial charge in [0, 0.05) is 14.0 Å². The number of aliphatic hydroxyl groups excluding tert-OH is 2. The van der Waals surface area contributed by atoms with Crippen LogP contribution in [0.4, 0.5) is 0 Å². The third kappa shape index (κ3) is 1.77. The van der Waals surface area contributed by atoms with Crippen molar-refractivity contribution in [1.82, 2.24) is 0 Å². The molecule has 0 bridgehead atoms. The maximum absolute atomic E-state index is 9.76. The Balaban J connectivity index is 2.14. The Morgan fingerprint density at radius 2 is 1.87 bits per heavy atom. The minimum Gasteiger partial charge on any atom is -0.388 e. The first kappa shape index (κ1) is 11.3.